The second-order valence-electron chi connectivity index (χ2n) is 5.28. The van der Waals surface area contributed by atoms with Gasteiger partial charge in [0.05, 0.1) is 13.2 Å². The minimum atomic E-state index is -0.0763. The van der Waals surface area contributed by atoms with Gasteiger partial charge in [0, 0.05) is 32.6 Å². The lowest BCUT2D eigenvalue weighted by Gasteiger charge is -2.32. The first-order chi connectivity index (χ1) is 10.7. The van der Waals surface area contributed by atoms with Crippen molar-refractivity contribution in [1.82, 2.24) is 20.2 Å². The van der Waals surface area contributed by atoms with Gasteiger partial charge in [0.25, 0.3) is 0 Å². The van der Waals surface area contributed by atoms with Crippen molar-refractivity contribution in [3.63, 3.8) is 0 Å². The molecular formula is C15H24N4O3. The summed E-state index contributed by atoms with van der Waals surface area (Å²) in [6.45, 7) is 4.38. The quantitative estimate of drug-likeness (QED) is 0.800. The number of urea groups is 1. The van der Waals surface area contributed by atoms with E-state index < -0.39 is 0 Å². The second kappa shape index (κ2) is 8.53. The van der Waals surface area contributed by atoms with Crippen LogP contribution in [-0.4, -0.2) is 60.4 Å². The van der Waals surface area contributed by atoms with Crippen LogP contribution in [0.1, 0.15) is 25.3 Å². The van der Waals surface area contributed by atoms with Gasteiger partial charge in [-0.25, -0.2) is 14.8 Å². The zero-order chi connectivity index (χ0) is 15.8. The number of likely N-dealkylation sites (tertiary alicyclic amines) is 1. The highest BCUT2D eigenvalue weighted by molar-refractivity contribution is 5.74. The van der Waals surface area contributed by atoms with Crippen molar-refractivity contribution >= 4 is 6.03 Å². The van der Waals surface area contributed by atoms with Gasteiger partial charge in [-0.2, -0.15) is 0 Å². The Morgan fingerprint density at radius 3 is 2.91 bits per heavy atom. The van der Waals surface area contributed by atoms with E-state index in [9.17, 15) is 4.79 Å². The van der Waals surface area contributed by atoms with E-state index in [0.717, 1.165) is 31.4 Å². The Kier molecular flexibility index (Phi) is 6.39. The fraction of sp³-hybridized carbons (Fsp3) is 0.667. The van der Waals surface area contributed by atoms with Crippen molar-refractivity contribution in [2.24, 2.45) is 0 Å². The second-order valence-corrected chi connectivity index (χ2v) is 5.28. The summed E-state index contributed by atoms with van der Waals surface area (Å²) in [4.78, 5) is 22.2. The molecule has 1 aliphatic rings. The Morgan fingerprint density at radius 2 is 2.23 bits per heavy atom. The van der Waals surface area contributed by atoms with E-state index in [2.05, 4.69) is 22.2 Å². The van der Waals surface area contributed by atoms with Gasteiger partial charge in [0.1, 0.15) is 6.10 Å². The number of nitrogens with one attached hydrogen (secondary N) is 1. The van der Waals surface area contributed by atoms with E-state index in [1.54, 1.807) is 24.4 Å². The highest BCUT2D eigenvalue weighted by atomic mass is 16.5. The van der Waals surface area contributed by atoms with Crippen LogP contribution in [0.2, 0.25) is 0 Å². The fourth-order valence-electron chi connectivity index (χ4n) is 2.33. The molecule has 1 fully saturated rings. The molecule has 0 saturated carbocycles. The van der Waals surface area contributed by atoms with Crippen LogP contribution in [0.3, 0.4) is 0 Å². The molecule has 0 aromatic carbocycles. The van der Waals surface area contributed by atoms with E-state index in [0.29, 0.717) is 25.7 Å². The predicted octanol–water partition coefficient (Wildman–Crippen LogP) is 1.24. The zero-order valence-electron chi connectivity index (χ0n) is 13.2. The van der Waals surface area contributed by atoms with Gasteiger partial charge in [-0.3, -0.25) is 0 Å². The summed E-state index contributed by atoms with van der Waals surface area (Å²) < 4.78 is 10.7. The Balaban J connectivity index is 1.83. The van der Waals surface area contributed by atoms with Crippen molar-refractivity contribution in [1.29, 1.82) is 0 Å². The average Bonchev–Trinajstić information content (AvgIpc) is 2.56. The van der Waals surface area contributed by atoms with Gasteiger partial charge in [0.15, 0.2) is 0 Å². The van der Waals surface area contributed by atoms with E-state index in [-0.39, 0.29) is 12.1 Å². The largest absolute Gasteiger partial charge is 0.458 e. The van der Waals surface area contributed by atoms with E-state index in [4.69, 9.17) is 9.47 Å². The summed E-state index contributed by atoms with van der Waals surface area (Å²) in [5.41, 5.74) is 1.08. The third-order valence-electron chi connectivity index (χ3n) is 3.61. The normalized spacial score (nSPS) is 18.1. The molecular weight excluding hydrogens is 284 g/mol. The van der Waals surface area contributed by atoms with Gasteiger partial charge in [0.2, 0.25) is 0 Å². The molecule has 1 N–H and O–H groups in total. The minimum absolute atomic E-state index is 0.0607. The van der Waals surface area contributed by atoms with Crippen molar-refractivity contribution in [3.8, 4) is 6.01 Å². The van der Waals surface area contributed by atoms with Crippen molar-refractivity contribution in [3.05, 3.63) is 18.0 Å². The fourth-order valence-corrected chi connectivity index (χ4v) is 2.33. The average molecular weight is 308 g/mol. The first-order valence-corrected chi connectivity index (χ1v) is 7.72. The van der Waals surface area contributed by atoms with E-state index in [1.807, 2.05) is 0 Å². The van der Waals surface area contributed by atoms with Crippen LogP contribution in [0, 0.1) is 0 Å². The number of ether oxygens (including phenoxy) is 2. The summed E-state index contributed by atoms with van der Waals surface area (Å²) in [5.74, 6) is 0. The molecule has 1 unspecified atom stereocenters. The molecule has 1 saturated heterocycles. The summed E-state index contributed by atoms with van der Waals surface area (Å²) in [6.07, 6.45) is 6.21. The van der Waals surface area contributed by atoms with Gasteiger partial charge in [-0.05, 0) is 24.8 Å². The number of hydrogen-bond donors (Lipinski definition) is 1. The standard InChI is InChI=1S/C15H24N4O3/c1-3-12-9-17-14(18-10-12)22-13-5-4-7-19(11-13)15(20)16-6-8-21-2/h9-10,13H,3-8,11H2,1-2H3,(H,16,20). The summed E-state index contributed by atoms with van der Waals surface area (Å²) in [5, 5.41) is 2.83. The Labute approximate surface area is 131 Å². The van der Waals surface area contributed by atoms with Gasteiger partial charge in [-0.1, -0.05) is 6.92 Å². The highest BCUT2D eigenvalue weighted by Gasteiger charge is 2.25. The van der Waals surface area contributed by atoms with Crippen molar-refractivity contribution in [2.45, 2.75) is 32.3 Å². The maximum atomic E-state index is 12.0. The Morgan fingerprint density at radius 1 is 1.45 bits per heavy atom. The van der Waals surface area contributed by atoms with Crippen LogP contribution >= 0.6 is 0 Å². The molecule has 22 heavy (non-hydrogen) atoms. The first-order valence-electron chi connectivity index (χ1n) is 7.72. The first kappa shape index (κ1) is 16.5. The van der Waals surface area contributed by atoms with Crippen LogP contribution in [0.25, 0.3) is 0 Å². The molecule has 1 aliphatic heterocycles. The molecule has 0 bridgehead atoms. The molecule has 7 heteroatoms. The van der Waals surface area contributed by atoms with Crippen molar-refractivity contribution < 1.29 is 14.3 Å². The molecule has 1 atom stereocenters. The summed E-state index contributed by atoms with van der Waals surface area (Å²) in [6, 6.07) is 0.302. The highest BCUT2D eigenvalue weighted by Crippen LogP contribution is 2.15. The smallest absolute Gasteiger partial charge is 0.317 e. The monoisotopic (exact) mass is 308 g/mol. The molecule has 0 radical (unpaired) electrons. The number of rotatable bonds is 6. The summed E-state index contributed by atoms with van der Waals surface area (Å²) >= 11 is 0. The lowest BCUT2D eigenvalue weighted by atomic mass is 10.1. The SMILES string of the molecule is CCc1cnc(OC2CCCN(C(=O)NCCOC)C2)nc1. The number of methoxy groups -OCH3 is 1. The maximum Gasteiger partial charge on any atom is 0.317 e. The van der Waals surface area contributed by atoms with Crippen molar-refractivity contribution in [2.75, 3.05) is 33.4 Å². The molecule has 2 amide bonds. The number of hydrogen-bond acceptors (Lipinski definition) is 5. The van der Waals surface area contributed by atoms with Crippen LogP contribution in [0.15, 0.2) is 12.4 Å². The number of aryl methyl sites for hydroxylation is 1. The summed E-state index contributed by atoms with van der Waals surface area (Å²) in [7, 11) is 1.61. The van der Waals surface area contributed by atoms with Gasteiger partial charge in [-0.15, -0.1) is 0 Å². The molecule has 1 aromatic heterocycles. The molecule has 7 nitrogen and oxygen atoms in total. The lowest BCUT2D eigenvalue weighted by molar-refractivity contribution is 0.0929. The number of aromatic nitrogens is 2. The Hall–Kier alpha value is -1.89. The number of carbonyl (C=O) groups excluding carboxylic acids is 1. The third-order valence-corrected chi connectivity index (χ3v) is 3.61. The number of nitrogens with zero attached hydrogens (tertiary/aromatic N) is 3. The minimum Gasteiger partial charge on any atom is -0.458 e. The topological polar surface area (TPSA) is 76.6 Å². The van der Waals surface area contributed by atoms with E-state index in [1.165, 1.54) is 0 Å². The predicted molar refractivity (Wildman–Crippen MR) is 81.9 cm³/mol. The number of amides is 2. The number of carbonyl (C=O) groups is 1. The van der Waals surface area contributed by atoms with Gasteiger partial charge >= 0.3 is 12.0 Å². The van der Waals surface area contributed by atoms with Crippen LogP contribution in [-0.2, 0) is 11.2 Å². The molecule has 122 valence electrons. The number of piperidine rings is 1. The van der Waals surface area contributed by atoms with E-state index >= 15 is 0 Å². The Bertz CT molecular complexity index is 466. The molecule has 2 rings (SSSR count). The molecule has 2 heterocycles. The molecule has 0 spiro atoms. The van der Waals surface area contributed by atoms with Crippen LogP contribution in [0.4, 0.5) is 4.79 Å². The molecule has 0 aliphatic carbocycles. The van der Waals surface area contributed by atoms with Crippen LogP contribution in [0.5, 0.6) is 6.01 Å². The molecule has 1 aromatic rings. The zero-order valence-corrected chi connectivity index (χ0v) is 13.2. The van der Waals surface area contributed by atoms with Crippen LogP contribution < -0.4 is 10.1 Å². The maximum absolute atomic E-state index is 12.0. The lowest BCUT2D eigenvalue weighted by Crippen LogP contribution is -2.49. The third kappa shape index (κ3) is 4.84. The van der Waals surface area contributed by atoms with Gasteiger partial charge < -0.3 is 19.7 Å².